The van der Waals surface area contributed by atoms with E-state index >= 15 is 0 Å². The second-order valence-corrected chi connectivity index (χ2v) is 5.44. The maximum Gasteiger partial charge on any atom is 0.286 e. The molecule has 1 aliphatic rings. The summed E-state index contributed by atoms with van der Waals surface area (Å²) in [5.41, 5.74) is -0.229. The molecule has 24 heavy (non-hydrogen) atoms. The number of carbonyl (C=O) groups is 1. The predicted molar refractivity (Wildman–Crippen MR) is 88.8 cm³/mol. The Morgan fingerprint density at radius 3 is 2.38 bits per heavy atom. The zero-order chi connectivity index (χ0) is 17.7. The highest BCUT2D eigenvalue weighted by Crippen LogP contribution is 2.35. The van der Waals surface area contributed by atoms with Gasteiger partial charge in [-0.25, -0.2) is 0 Å². The molecular weight excluding hydrogens is 314 g/mol. The van der Waals surface area contributed by atoms with Crippen molar-refractivity contribution >= 4 is 11.6 Å². The monoisotopic (exact) mass is 337 g/mol. The van der Waals surface area contributed by atoms with Crippen molar-refractivity contribution in [1.82, 2.24) is 9.80 Å². The third-order valence-electron chi connectivity index (χ3n) is 4.12. The molecule has 0 N–H and O–H groups in total. The van der Waals surface area contributed by atoms with Gasteiger partial charge < -0.3 is 19.3 Å². The molecule has 0 spiro atoms. The number of amides is 1. The van der Waals surface area contributed by atoms with Gasteiger partial charge >= 0.3 is 0 Å². The SMILES string of the molecule is CCOc1cc([N+](=O)[O-])c(C(=O)N2CCN(CC)CC2)cc1OC. The second kappa shape index (κ2) is 7.96. The number of ether oxygens (including phenoxy) is 2. The fourth-order valence-corrected chi connectivity index (χ4v) is 2.74. The van der Waals surface area contributed by atoms with Crippen LogP contribution in [0.5, 0.6) is 11.5 Å². The number of methoxy groups -OCH3 is 1. The molecule has 1 aliphatic heterocycles. The molecule has 1 heterocycles. The fraction of sp³-hybridized carbons (Fsp3) is 0.562. The van der Waals surface area contributed by atoms with Crippen LogP contribution in [0.25, 0.3) is 0 Å². The zero-order valence-corrected chi connectivity index (χ0v) is 14.3. The predicted octanol–water partition coefficient (Wildman–Crippen LogP) is 1.78. The lowest BCUT2D eigenvalue weighted by atomic mass is 10.1. The summed E-state index contributed by atoms with van der Waals surface area (Å²) in [4.78, 5) is 27.5. The van der Waals surface area contributed by atoms with Crippen LogP contribution in [0.2, 0.25) is 0 Å². The number of likely N-dealkylation sites (N-methyl/N-ethyl adjacent to an activating group) is 1. The van der Waals surface area contributed by atoms with E-state index in [9.17, 15) is 14.9 Å². The van der Waals surface area contributed by atoms with Crippen LogP contribution in [-0.2, 0) is 0 Å². The number of nitro benzene ring substituents is 1. The van der Waals surface area contributed by atoms with Gasteiger partial charge in [0.25, 0.3) is 11.6 Å². The number of piperazine rings is 1. The summed E-state index contributed by atoms with van der Waals surface area (Å²) < 4.78 is 10.6. The van der Waals surface area contributed by atoms with Crippen molar-refractivity contribution in [3.8, 4) is 11.5 Å². The summed E-state index contributed by atoms with van der Waals surface area (Å²) in [5, 5.41) is 11.4. The average molecular weight is 337 g/mol. The Hall–Kier alpha value is -2.35. The molecule has 0 aromatic heterocycles. The quantitative estimate of drug-likeness (QED) is 0.581. The van der Waals surface area contributed by atoms with E-state index in [0.717, 1.165) is 19.6 Å². The van der Waals surface area contributed by atoms with Crippen molar-refractivity contribution in [3.63, 3.8) is 0 Å². The van der Waals surface area contributed by atoms with Crippen molar-refractivity contribution < 1.29 is 19.2 Å². The fourth-order valence-electron chi connectivity index (χ4n) is 2.74. The number of hydrogen-bond donors (Lipinski definition) is 0. The van der Waals surface area contributed by atoms with Gasteiger partial charge in [0, 0.05) is 32.2 Å². The molecule has 8 heteroatoms. The van der Waals surface area contributed by atoms with Crippen LogP contribution in [0, 0.1) is 10.1 Å². The highest BCUT2D eigenvalue weighted by atomic mass is 16.6. The number of hydrogen-bond acceptors (Lipinski definition) is 6. The van der Waals surface area contributed by atoms with Crippen LogP contribution in [0.4, 0.5) is 5.69 Å². The van der Waals surface area contributed by atoms with Crippen LogP contribution in [0.1, 0.15) is 24.2 Å². The van der Waals surface area contributed by atoms with E-state index in [1.807, 2.05) is 0 Å². The minimum Gasteiger partial charge on any atom is -0.493 e. The van der Waals surface area contributed by atoms with Crippen LogP contribution in [0.3, 0.4) is 0 Å². The Morgan fingerprint density at radius 1 is 1.21 bits per heavy atom. The first kappa shape index (κ1) is 18.0. The van der Waals surface area contributed by atoms with Gasteiger partial charge in [0.05, 0.1) is 24.7 Å². The Bertz CT molecular complexity index is 612. The lowest BCUT2D eigenvalue weighted by Crippen LogP contribution is -2.48. The first-order valence-corrected chi connectivity index (χ1v) is 8.02. The highest BCUT2D eigenvalue weighted by Gasteiger charge is 2.29. The zero-order valence-electron chi connectivity index (χ0n) is 14.3. The molecule has 0 saturated carbocycles. The number of nitrogens with zero attached hydrogens (tertiary/aromatic N) is 3. The average Bonchev–Trinajstić information content (AvgIpc) is 2.61. The van der Waals surface area contributed by atoms with Gasteiger partial charge in [0.2, 0.25) is 0 Å². The molecule has 1 fully saturated rings. The van der Waals surface area contributed by atoms with Gasteiger partial charge in [-0.15, -0.1) is 0 Å². The number of rotatable bonds is 6. The third kappa shape index (κ3) is 3.76. The standard InChI is InChI=1S/C16H23N3O5/c1-4-17-6-8-18(9-7-17)16(20)12-10-14(23-3)15(24-5-2)11-13(12)19(21)22/h10-11H,4-9H2,1-3H3. The molecule has 1 saturated heterocycles. The summed E-state index contributed by atoms with van der Waals surface area (Å²) in [6.07, 6.45) is 0. The molecule has 0 bridgehead atoms. The van der Waals surface area contributed by atoms with E-state index in [1.54, 1.807) is 11.8 Å². The van der Waals surface area contributed by atoms with Crippen molar-refractivity contribution in [2.45, 2.75) is 13.8 Å². The molecule has 1 aromatic carbocycles. The molecule has 0 radical (unpaired) electrons. The summed E-state index contributed by atoms with van der Waals surface area (Å²) >= 11 is 0. The van der Waals surface area contributed by atoms with Gasteiger partial charge in [-0.2, -0.15) is 0 Å². The maximum atomic E-state index is 12.8. The molecular formula is C16H23N3O5. The van der Waals surface area contributed by atoms with Gasteiger partial charge in [-0.05, 0) is 13.5 Å². The number of benzene rings is 1. The molecule has 2 rings (SSSR count). The second-order valence-electron chi connectivity index (χ2n) is 5.44. The van der Waals surface area contributed by atoms with Crippen molar-refractivity contribution in [2.24, 2.45) is 0 Å². The topological polar surface area (TPSA) is 85.1 Å². The summed E-state index contributed by atoms with van der Waals surface area (Å²) in [6.45, 7) is 7.77. The van der Waals surface area contributed by atoms with Crippen molar-refractivity contribution in [1.29, 1.82) is 0 Å². The Kier molecular flexibility index (Phi) is 5.97. The van der Waals surface area contributed by atoms with Crippen LogP contribution < -0.4 is 9.47 Å². The smallest absolute Gasteiger partial charge is 0.286 e. The van der Waals surface area contributed by atoms with Crippen LogP contribution in [0.15, 0.2) is 12.1 Å². The molecule has 0 atom stereocenters. The molecule has 132 valence electrons. The van der Waals surface area contributed by atoms with Crippen LogP contribution in [-0.4, -0.2) is 67.1 Å². The van der Waals surface area contributed by atoms with E-state index in [-0.39, 0.29) is 22.9 Å². The van der Waals surface area contributed by atoms with E-state index in [4.69, 9.17) is 9.47 Å². The number of carbonyl (C=O) groups excluding carboxylic acids is 1. The van der Waals surface area contributed by atoms with Gasteiger partial charge in [-0.3, -0.25) is 14.9 Å². The Morgan fingerprint density at radius 2 is 1.88 bits per heavy atom. The third-order valence-corrected chi connectivity index (χ3v) is 4.12. The van der Waals surface area contributed by atoms with Gasteiger partial charge in [0.1, 0.15) is 5.56 Å². The summed E-state index contributed by atoms with van der Waals surface area (Å²) in [5.74, 6) is 0.232. The molecule has 0 unspecified atom stereocenters. The van der Waals surface area contributed by atoms with E-state index in [1.165, 1.54) is 19.2 Å². The summed E-state index contributed by atoms with van der Waals surface area (Å²) in [7, 11) is 1.44. The molecule has 1 amide bonds. The van der Waals surface area contributed by atoms with E-state index in [2.05, 4.69) is 11.8 Å². The highest BCUT2D eigenvalue weighted by molar-refractivity contribution is 5.99. The normalized spacial score (nSPS) is 15.2. The van der Waals surface area contributed by atoms with Crippen LogP contribution >= 0.6 is 0 Å². The largest absolute Gasteiger partial charge is 0.493 e. The van der Waals surface area contributed by atoms with Crippen molar-refractivity contribution in [3.05, 3.63) is 27.8 Å². The Balaban J connectivity index is 2.33. The van der Waals surface area contributed by atoms with Gasteiger partial charge in [0.15, 0.2) is 11.5 Å². The summed E-state index contributed by atoms with van der Waals surface area (Å²) in [6, 6.07) is 2.66. The Labute approximate surface area is 141 Å². The minimum atomic E-state index is -0.558. The molecule has 0 aliphatic carbocycles. The first-order chi connectivity index (χ1) is 11.5. The molecule has 8 nitrogen and oxygen atoms in total. The van der Waals surface area contributed by atoms with E-state index < -0.39 is 4.92 Å². The lowest BCUT2D eigenvalue weighted by molar-refractivity contribution is -0.385. The maximum absolute atomic E-state index is 12.8. The van der Waals surface area contributed by atoms with Crippen molar-refractivity contribution in [2.75, 3.05) is 46.4 Å². The lowest BCUT2D eigenvalue weighted by Gasteiger charge is -2.34. The first-order valence-electron chi connectivity index (χ1n) is 8.02. The molecule has 1 aromatic rings. The van der Waals surface area contributed by atoms with Gasteiger partial charge in [-0.1, -0.05) is 6.92 Å². The minimum absolute atomic E-state index is 0.0326. The number of nitro groups is 1. The van der Waals surface area contributed by atoms with E-state index in [0.29, 0.717) is 25.4 Å².